The van der Waals surface area contributed by atoms with Gasteiger partial charge in [0, 0.05) is 6.54 Å². The molecule has 3 heterocycles. The lowest BCUT2D eigenvalue weighted by Gasteiger charge is -2.33. The van der Waals surface area contributed by atoms with Crippen molar-refractivity contribution in [2.24, 2.45) is 17.8 Å². The molecule has 0 saturated carbocycles. The van der Waals surface area contributed by atoms with E-state index in [-0.39, 0.29) is 11.8 Å². The fourth-order valence-corrected chi connectivity index (χ4v) is 2.94. The third kappa shape index (κ3) is 4.55. The molecule has 7 nitrogen and oxygen atoms in total. The number of alkyl halides is 3. The second-order valence-corrected chi connectivity index (χ2v) is 5.66. The molecule has 10 heteroatoms. The lowest BCUT2D eigenvalue weighted by atomic mass is 9.82. The summed E-state index contributed by atoms with van der Waals surface area (Å²) in [6, 6.07) is 0. The van der Waals surface area contributed by atoms with E-state index in [4.69, 9.17) is 19.5 Å². The van der Waals surface area contributed by atoms with Gasteiger partial charge in [0.2, 0.25) is 0 Å². The summed E-state index contributed by atoms with van der Waals surface area (Å²) >= 11 is 0. The summed E-state index contributed by atoms with van der Waals surface area (Å²) in [5, 5.41) is 12.0. The van der Waals surface area contributed by atoms with Crippen molar-refractivity contribution in [2.45, 2.75) is 12.6 Å². The van der Waals surface area contributed by atoms with E-state index in [1.54, 1.807) is 0 Å². The molecule has 0 spiro atoms. The number of aliphatic carboxylic acids is 1. The van der Waals surface area contributed by atoms with Gasteiger partial charge in [-0.1, -0.05) is 0 Å². The van der Waals surface area contributed by atoms with Gasteiger partial charge in [0.05, 0.1) is 32.3 Å². The molecule has 0 aromatic carbocycles. The summed E-state index contributed by atoms with van der Waals surface area (Å²) in [4.78, 5) is 26.5. The predicted molar refractivity (Wildman–Crippen MR) is 70.1 cm³/mol. The molecule has 3 saturated heterocycles. The van der Waals surface area contributed by atoms with E-state index in [2.05, 4.69) is 5.32 Å². The Hall–Kier alpha value is -1.39. The summed E-state index contributed by atoms with van der Waals surface area (Å²) in [5.41, 5.74) is 0. The van der Waals surface area contributed by atoms with Gasteiger partial charge in [-0.3, -0.25) is 9.63 Å². The quantitative estimate of drug-likeness (QED) is 0.712. The number of carboxylic acid groups (broad SMARTS) is 1. The molecule has 3 atom stereocenters. The number of ether oxygens (including phenoxy) is 1. The fraction of sp³-hybridized carbons (Fsp3) is 0.846. The van der Waals surface area contributed by atoms with Crippen LogP contribution in [0.15, 0.2) is 0 Å². The van der Waals surface area contributed by atoms with Crippen LogP contribution in [0.4, 0.5) is 13.2 Å². The highest BCUT2D eigenvalue weighted by atomic mass is 19.4. The second kappa shape index (κ2) is 7.45. The molecule has 3 aliphatic heterocycles. The first-order valence-corrected chi connectivity index (χ1v) is 7.33. The number of carboxylic acids is 1. The Kier molecular flexibility index (Phi) is 5.82. The van der Waals surface area contributed by atoms with Crippen LogP contribution in [0, 0.1) is 17.8 Å². The number of hydrogen-bond acceptors (Lipinski definition) is 5. The van der Waals surface area contributed by atoms with Crippen LogP contribution in [0.25, 0.3) is 0 Å². The molecular weight excluding hydrogens is 321 g/mol. The predicted octanol–water partition coefficient (Wildman–Crippen LogP) is 0.266. The zero-order chi connectivity index (χ0) is 17.0. The molecule has 132 valence electrons. The van der Waals surface area contributed by atoms with E-state index in [1.165, 1.54) is 5.06 Å². The standard InChI is InChI=1S/C11H18N2O3.C2HF3O2/c14-11(13-2-1-3-16-13)10-7-15-6-8-4-12-5-9(8)10;3-2(4,5)1(6)7/h8-10,12H,1-7H2;(H,6,7)/t8-,9-,10+;/m1./s1. The summed E-state index contributed by atoms with van der Waals surface area (Å²) in [5.74, 6) is -1.70. The Morgan fingerprint density at radius 1 is 1.22 bits per heavy atom. The number of carbonyl (C=O) groups is 2. The van der Waals surface area contributed by atoms with Crippen molar-refractivity contribution in [3.05, 3.63) is 0 Å². The van der Waals surface area contributed by atoms with Gasteiger partial charge in [0.1, 0.15) is 0 Å². The number of carbonyl (C=O) groups excluding carboxylic acids is 1. The SMILES string of the molecule is O=C(O)C(F)(F)F.O=C([C@H]1COC[C@H]2CNC[C@H]21)N1CCCO1. The fourth-order valence-electron chi connectivity index (χ4n) is 2.94. The van der Waals surface area contributed by atoms with Crippen LogP contribution in [0.5, 0.6) is 0 Å². The van der Waals surface area contributed by atoms with Crippen molar-refractivity contribution in [3.8, 4) is 0 Å². The minimum Gasteiger partial charge on any atom is -0.475 e. The van der Waals surface area contributed by atoms with E-state index in [1.807, 2.05) is 0 Å². The molecule has 0 radical (unpaired) electrons. The van der Waals surface area contributed by atoms with Gasteiger partial charge in [-0.25, -0.2) is 9.86 Å². The van der Waals surface area contributed by atoms with Crippen molar-refractivity contribution in [1.29, 1.82) is 0 Å². The Bertz CT molecular complexity index is 440. The number of hydroxylamine groups is 2. The van der Waals surface area contributed by atoms with Crippen molar-refractivity contribution < 1.29 is 37.4 Å². The number of nitrogens with zero attached hydrogens (tertiary/aromatic N) is 1. The average Bonchev–Trinajstić information content (AvgIpc) is 3.16. The summed E-state index contributed by atoms with van der Waals surface area (Å²) < 4.78 is 37.3. The number of rotatable bonds is 1. The third-order valence-corrected chi connectivity index (χ3v) is 4.10. The Balaban J connectivity index is 0.000000236. The maximum atomic E-state index is 12.2. The number of amides is 1. The van der Waals surface area contributed by atoms with Crippen LogP contribution >= 0.6 is 0 Å². The van der Waals surface area contributed by atoms with E-state index >= 15 is 0 Å². The summed E-state index contributed by atoms with van der Waals surface area (Å²) in [7, 11) is 0. The lowest BCUT2D eigenvalue weighted by molar-refractivity contribution is -0.192. The zero-order valence-electron chi connectivity index (χ0n) is 12.3. The Morgan fingerprint density at radius 3 is 2.48 bits per heavy atom. The van der Waals surface area contributed by atoms with Crippen LogP contribution < -0.4 is 5.32 Å². The average molecular weight is 340 g/mol. The molecule has 0 unspecified atom stereocenters. The first kappa shape index (κ1) is 18.0. The Labute approximate surface area is 130 Å². The molecule has 3 aliphatic rings. The van der Waals surface area contributed by atoms with E-state index in [0.29, 0.717) is 25.0 Å². The normalized spacial score (nSPS) is 30.4. The minimum atomic E-state index is -5.08. The van der Waals surface area contributed by atoms with Gasteiger partial charge in [-0.15, -0.1) is 0 Å². The monoisotopic (exact) mass is 340 g/mol. The molecule has 3 fully saturated rings. The van der Waals surface area contributed by atoms with Gasteiger partial charge >= 0.3 is 12.1 Å². The highest BCUT2D eigenvalue weighted by molar-refractivity contribution is 5.78. The van der Waals surface area contributed by atoms with Gasteiger partial charge in [-0.2, -0.15) is 13.2 Å². The zero-order valence-corrected chi connectivity index (χ0v) is 12.3. The van der Waals surface area contributed by atoms with Gasteiger partial charge in [0.25, 0.3) is 5.91 Å². The van der Waals surface area contributed by atoms with Gasteiger partial charge in [0.15, 0.2) is 0 Å². The molecule has 3 rings (SSSR count). The van der Waals surface area contributed by atoms with Gasteiger partial charge < -0.3 is 15.2 Å². The van der Waals surface area contributed by atoms with Crippen LogP contribution in [-0.4, -0.2) is 67.7 Å². The van der Waals surface area contributed by atoms with E-state index in [0.717, 1.165) is 32.7 Å². The highest BCUT2D eigenvalue weighted by Crippen LogP contribution is 2.31. The minimum absolute atomic E-state index is 0.00755. The second-order valence-electron chi connectivity index (χ2n) is 5.66. The lowest BCUT2D eigenvalue weighted by Crippen LogP contribution is -2.45. The van der Waals surface area contributed by atoms with Crippen LogP contribution in [0.2, 0.25) is 0 Å². The largest absolute Gasteiger partial charge is 0.490 e. The molecule has 1 amide bonds. The van der Waals surface area contributed by atoms with Crippen LogP contribution in [0.3, 0.4) is 0 Å². The van der Waals surface area contributed by atoms with Crippen molar-refractivity contribution >= 4 is 11.9 Å². The molecule has 2 N–H and O–H groups in total. The van der Waals surface area contributed by atoms with Crippen molar-refractivity contribution in [1.82, 2.24) is 10.4 Å². The molecular formula is C13H19F3N2O5. The smallest absolute Gasteiger partial charge is 0.475 e. The Morgan fingerprint density at radius 2 is 1.91 bits per heavy atom. The third-order valence-electron chi connectivity index (χ3n) is 4.10. The van der Waals surface area contributed by atoms with Crippen molar-refractivity contribution in [3.63, 3.8) is 0 Å². The van der Waals surface area contributed by atoms with Crippen molar-refractivity contribution in [2.75, 3.05) is 39.5 Å². The topological polar surface area (TPSA) is 88.1 Å². The molecule has 0 bridgehead atoms. The number of fused-ring (bicyclic) bond motifs is 1. The summed E-state index contributed by atoms with van der Waals surface area (Å²) in [6.07, 6.45) is -4.13. The molecule has 0 aromatic rings. The maximum Gasteiger partial charge on any atom is 0.490 e. The first-order chi connectivity index (χ1) is 10.8. The highest BCUT2D eigenvalue weighted by Gasteiger charge is 2.43. The van der Waals surface area contributed by atoms with E-state index in [9.17, 15) is 18.0 Å². The molecule has 0 aromatic heterocycles. The van der Waals surface area contributed by atoms with Gasteiger partial charge in [-0.05, 0) is 24.8 Å². The first-order valence-electron chi connectivity index (χ1n) is 7.33. The number of nitrogens with one attached hydrogen (secondary N) is 1. The van der Waals surface area contributed by atoms with Crippen LogP contribution in [-0.2, 0) is 19.2 Å². The molecule has 0 aliphatic carbocycles. The number of hydrogen-bond donors (Lipinski definition) is 2. The van der Waals surface area contributed by atoms with E-state index < -0.39 is 12.1 Å². The van der Waals surface area contributed by atoms with Crippen LogP contribution in [0.1, 0.15) is 6.42 Å². The summed E-state index contributed by atoms with van der Waals surface area (Å²) in [6.45, 7) is 4.68. The number of halogens is 3. The molecule has 23 heavy (non-hydrogen) atoms. The maximum absolute atomic E-state index is 12.2.